The van der Waals surface area contributed by atoms with Crippen LogP contribution in [0.2, 0.25) is 0 Å². The van der Waals surface area contributed by atoms with Crippen molar-refractivity contribution >= 4 is 6.09 Å². The van der Waals surface area contributed by atoms with E-state index < -0.39 is 17.7 Å². The zero-order valence-corrected chi connectivity index (χ0v) is 8.90. The number of rotatable bonds is 2. The number of hydrogen-bond acceptors (Lipinski definition) is 2. The molecule has 92 valence electrons. The van der Waals surface area contributed by atoms with Crippen molar-refractivity contribution in [3.63, 3.8) is 0 Å². The van der Waals surface area contributed by atoms with Crippen LogP contribution < -0.4 is 4.74 Å². The normalized spacial score (nSPS) is 19.4. The number of benzene rings is 1. The third-order valence-corrected chi connectivity index (χ3v) is 2.61. The molecule has 2 rings (SSSR count). The van der Waals surface area contributed by atoms with E-state index in [4.69, 9.17) is 9.84 Å². The summed E-state index contributed by atoms with van der Waals surface area (Å²) in [7, 11) is 0. The second-order valence-corrected chi connectivity index (χ2v) is 3.83. The maximum atomic E-state index is 12.9. The number of nitrogens with zero attached hydrogens (tertiary/aromatic N) is 1. The summed E-state index contributed by atoms with van der Waals surface area (Å²) in [4.78, 5) is 11.9. The number of halogens is 2. The summed E-state index contributed by atoms with van der Waals surface area (Å²) in [5.41, 5.74) is 0. The monoisotopic (exact) mass is 243 g/mol. The van der Waals surface area contributed by atoms with Gasteiger partial charge in [-0.05, 0) is 12.1 Å². The first kappa shape index (κ1) is 11.6. The molecule has 0 spiro atoms. The Morgan fingerprint density at radius 1 is 1.41 bits per heavy atom. The third kappa shape index (κ3) is 2.64. The van der Waals surface area contributed by atoms with Crippen LogP contribution in [0.25, 0.3) is 0 Å². The van der Waals surface area contributed by atoms with Crippen molar-refractivity contribution in [1.29, 1.82) is 0 Å². The van der Waals surface area contributed by atoms with E-state index in [1.54, 1.807) is 0 Å². The molecular formula is C11H11F2NO3. The van der Waals surface area contributed by atoms with Crippen molar-refractivity contribution in [3.8, 4) is 5.75 Å². The first-order valence-corrected chi connectivity index (χ1v) is 5.16. The molecule has 0 unspecified atom stereocenters. The summed E-state index contributed by atoms with van der Waals surface area (Å²) < 4.78 is 30.9. The molecule has 0 saturated carbocycles. The van der Waals surface area contributed by atoms with Gasteiger partial charge in [-0.25, -0.2) is 13.6 Å². The number of carboxylic acid groups (broad SMARTS) is 1. The number of hydrogen-bond donors (Lipinski definition) is 1. The van der Waals surface area contributed by atoms with E-state index in [1.165, 1.54) is 11.0 Å². The van der Waals surface area contributed by atoms with E-state index in [2.05, 4.69) is 0 Å². The smallest absolute Gasteiger partial charge is 0.407 e. The quantitative estimate of drug-likeness (QED) is 0.865. The highest BCUT2D eigenvalue weighted by atomic mass is 19.2. The molecule has 0 bridgehead atoms. The second kappa shape index (κ2) is 4.57. The zero-order chi connectivity index (χ0) is 12.4. The van der Waals surface area contributed by atoms with Gasteiger partial charge in [0.2, 0.25) is 0 Å². The number of likely N-dealkylation sites (tertiary alicyclic amines) is 1. The summed E-state index contributed by atoms with van der Waals surface area (Å²) in [5, 5.41) is 8.74. The molecule has 1 saturated heterocycles. The minimum Gasteiger partial charge on any atom is -0.488 e. The highest BCUT2D eigenvalue weighted by molar-refractivity contribution is 5.65. The van der Waals surface area contributed by atoms with E-state index in [9.17, 15) is 13.6 Å². The first-order valence-electron chi connectivity index (χ1n) is 5.16. The summed E-state index contributed by atoms with van der Waals surface area (Å²) in [5.74, 6) is -1.70. The minimum atomic E-state index is -0.999. The van der Waals surface area contributed by atoms with Crippen LogP contribution in [0.1, 0.15) is 6.42 Å². The van der Waals surface area contributed by atoms with Gasteiger partial charge in [0.25, 0.3) is 0 Å². The molecule has 4 nitrogen and oxygen atoms in total. The van der Waals surface area contributed by atoms with Gasteiger partial charge in [-0.1, -0.05) is 0 Å². The molecule has 6 heteroatoms. The van der Waals surface area contributed by atoms with Gasteiger partial charge >= 0.3 is 6.09 Å². The first-order chi connectivity index (χ1) is 8.06. The molecule has 1 aromatic carbocycles. The van der Waals surface area contributed by atoms with Gasteiger partial charge in [-0.15, -0.1) is 0 Å². The molecule has 0 aromatic heterocycles. The van der Waals surface area contributed by atoms with E-state index in [-0.39, 0.29) is 18.4 Å². The lowest BCUT2D eigenvalue weighted by molar-refractivity contribution is 0.145. The van der Waals surface area contributed by atoms with Crippen molar-refractivity contribution < 1.29 is 23.4 Å². The maximum Gasteiger partial charge on any atom is 0.407 e. The van der Waals surface area contributed by atoms with Gasteiger partial charge in [0, 0.05) is 19.0 Å². The largest absolute Gasteiger partial charge is 0.488 e. The number of carbonyl (C=O) groups is 1. The molecule has 0 radical (unpaired) electrons. The Morgan fingerprint density at radius 2 is 2.18 bits per heavy atom. The fraction of sp³-hybridized carbons (Fsp3) is 0.364. The van der Waals surface area contributed by atoms with Crippen LogP contribution in [-0.2, 0) is 0 Å². The Morgan fingerprint density at radius 3 is 2.76 bits per heavy atom. The van der Waals surface area contributed by atoms with Crippen LogP contribution >= 0.6 is 0 Å². The predicted octanol–water partition coefficient (Wildman–Crippen LogP) is 2.10. The molecule has 1 atom stereocenters. The van der Waals surface area contributed by atoms with Crippen molar-refractivity contribution in [1.82, 2.24) is 4.90 Å². The molecule has 0 aliphatic carbocycles. The van der Waals surface area contributed by atoms with Gasteiger partial charge in [0.05, 0.1) is 6.54 Å². The summed E-state index contributed by atoms with van der Waals surface area (Å²) in [6, 6.07) is 3.26. The molecule has 1 aliphatic heterocycles. The highest BCUT2D eigenvalue weighted by Gasteiger charge is 2.27. The summed E-state index contributed by atoms with van der Waals surface area (Å²) >= 11 is 0. The number of ether oxygens (including phenoxy) is 1. The summed E-state index contributed by atoms with van der Waals surface area (Å²) in [6.45, 7) is 0.637. The van der Waals surface area contributed by atoms with E-state index in [0.29, 0.717) is 13.0 Å². The lowest BCUT2D eigenvalue weighted by Crippen LogP contribution is -2.29. The molecule has 1 aromatic rings. The van der Waals surface area contributed by atoms with Crippen LogP contribution in [0, 0.1) is 11.6 Å². The lowest BCUT2D eigenvalue weighted by atomic mass is 10.3. The SMILES string of the molecule is O=C(O)N1CC[C@@H](Oc2ccc(F)c(F)c2)C1. The zero-order valence-electron chi connectivity index (χ0n) is 8.90. The third-order valence-electron chi connectivity index (χ3n) is 2.61. The van der Waals surface area contributed by atoms with Gasteiger partial charge in [0.1, 0.15) is 11.9 Å². The van der Waals surface area contributed by atoms with E-state index in [1.807, 2.05) is 0 Å². The predicted molar refractivity (Wildman–Crippen MR) is 55.0 cm³/mol. The van der Waals surface area contributed by atoms with Crippen LogP contribution in [0.15, 0.2) is 18.2 Å². The standard InChI is InChI=1S/C11H11F2NO3/c12-9-2-1-7(5-10(9)13)17-8-3-4-14(6-8)11(15)16/h1-2,5,8H,3-4,6H2,(H,15,16)/t8-/m1/s1. The second-order valence-electron chi connectivity index (χ2n) is 3.83. The fourth-order valence-electron chi connectivity index (χ4n) is 1.74. The minimum absolute atomic E-state index is 0.209. The lowest BCUT2D eigenvalue weighted by Gasteiger charge is -2.14. The molecule has 1 fully saturated rings. The number of amides is 1. The van der Waals surface area contributed by atoms with Gasteiger partial charge < -0.3 is 14.7 Å². The highest BCUT2D eigenvalue weighted by Crippen LogP contribution is 2.20. The molecule has 1 heterocycles. The molecule has 1 N–H and O–H groups in total. The molecule has 1 aliphatic rings. The Balaban J connectivity index is 1.98. The van der Waals surface area contributed by atoms with Crippen molar-refractivity contribution in [2.75, 3.05) is 13.1 Å². The Bertz CT molecular complexity index is 439. The van der Waals surface area contributed by atoms with Crippen LogP contribution in [0.3, 0.4) is 0 Å². The summed E-state index contributed by atoms with van der Waals surface area (Å²) in [6.07, 6.45) is -0.761. The molecule has 17 heavy (non-hydrogen) atoms. The Labute approximate surface area is 96.4 Å². The van der Waals surface area contributed by atoms with Gasteiger partial charge in [0.15, 0.2) is 11.6 Å². The fourth-order valence-corrected chi connectivity index (χ4v) is 1.74. The van der Waals surface area contributed by atoms with Gasteiger partial charge in [-0.2, -0.15) is 0 Å². The Hall–Kier alpha value is -1.85. The molecule has 1 amide bonds. The van der Waals surface area contributed by atoms with Crippen molar-refractivity contribution in [2.45, 2.75) is 12.5 Å². The molecular weight excluding hydrogens is 232 g/mol. The Kier molecular flexibility index (Phi) is 3.12. The van der Waals surface area contributed by atoms with Gasteiger partial charge in [-0.3, -0.25) is 0 Å². The average molecular weight is 243 g/mol. The maximum absolute atomic E-state index is 12.9. The van der Waals surface area contributed by atoms with E-state index >= 15 is 0 Å². The van der Waals surface area contributed by atoms with Crippen molar-refractivity contribution in [2.24, 2.45) is 0 Å². The van der Waals surface area contributed by atoms with Crippen LogP contribution in [-0.4, -0.2) is 35.3 Å². The van der Waals surface area contributed by atoms with Crippen LogP contribution in [0.5, 0.6) is 5.75 Å². The average Bonchev–Trinajstić information content (AvgIpc) is 2.72. The topological polar surface area (TPSA) is 49.8 Å². The van der Waals surface area contributed by atoms with Crippen LogP contribution in [0.4, 0.5) is 13.6 Å². The van der Waals surface area contributed by atoms with Crippen molar-refractivity contribution in [3.05, 3.63) is 29.8 Å². The van der Waals surface area contributed by atoms with E-state index in [0.717, 1.165) is 12.1 Å².